The van der Waals surface area contributed by atoms with Crippen LogP contribution >= 0.6 is 0 Å². The number of carbonyl (C=O) groups excluding carboxylic acids is 1. The van der Waals surface area contributed by atoms with Crippen LogP contribution in [0, 0.1) is 34.5 Å². The summed E-state index contributed by atoms with van der Waals surface area (Å²) in [5, 5.41) is 0. The molecule has 2 fully saturated rings. The number of ketones is 1. The van der Waals surface area contributed by atoms with Crippen molar-refractivity contribution in [2.75, 3.05) is 0 Å². The van der Waals surface area contributed by atoms with Crippen molar-refractivity contribution in [2.24, 2.45) is 34.5 Å². The first kappa shape index (κ1) is 10.8. The zero-order valence-electron chi connectivity index (χ0n) is 10.9. The highest BCUT2D eigenvalue weighted by atomic mass is 16.1. The van der Waals surface area contributed by atoms with Gasteiger partial charge >= 0.3 is 0 Å². The Morgan fingerprint density at radius 1 is 1.39 bits per heavy atom. The van der Waals surface area contributed by atoms with E-state index in [1.165, 1.54) is 12.8 Å². The van der Waals surface area contributed by atoms with Crippen molar-refractivity contribution in [3.05, 3.63) is 37.0 Å². The summed E-state index contributed by atoms with van der Waals surface area (Å²) in [5.41, 5.74) is 0.269. The Morgan fingerprint density at radius 3 is 2.83 bits per heavy atom. The van der Waals surface area contributed by atoms with Crippen LogP contribution in [0.15, 0.2) is 37.0 Å². The van der Waals surface area contributed by atoms with Gasteiger partial charge in [0.05, 0.1) is 0 Å². The van der Waals surface area contributed by atoms with Gasteiger partial charge in [-0.2, -0.15) is 0 Å². The van der Waals surface area contributed by atoms with E-state index in [2.05, 4.69) is 37.8 Å². The molecule has 0 aromatic carbocycles. The number of carbonyl (C=O) groups is 1. The van der Waals surface area contributed by atoms with Crippen LogP contribution in [0.4, 0.5) is 0 Å². The summed E-state index contributed by atoms with van der Waals surface area (Å²) in [6, 6.07) is 0. The molecule has 0 N–H and O–H groups in total. The minimum Gasteiger partial charge on any atom is -0.298 e. The molecule has 0 heterocycles. The summed E-state index contributed by atoms with van der Waals surface area (Å²) < 4.78 is 0. The zero-order chi connectivity index (χ0) is 12.5. The number of rotatable bonds is 2. The third-order valence-corrected chi connectivity index (χ3v) is 6.05. The van der Waals surface area contributed by atoms with E-state index in [9.17, 15) is 4.79 Å². The summed E-state index contributed by atoms with van der Waals surface area (Å²) in [6.45, 7) is 6.03. The molecular weight excluding hydrogens is 220 g/mol. The zero-order valence-corrected chi connectivity index (χ0v) is 10.9. The second-order valence-electron chi connectivity index (χ2n) is 6.91. The molecule has 0 aliphatic heterocycles. The summed E-state index contributed by atoms with van der Waals surface area (Å²) in [5.74, 6) is 2.21. The van der Waals surface area contributed by atoms with E-state index in [0.717, 1.165) is 6.42 Å². The second kappa shape index (κ2) is 3.07. The molecule has 5 aliphatic rings. The third-order valence-electron chi connectivity index (χ3n) is 6.05. The SMILES string of the molecule is C=CCC1(C)C(=O)[C@H]2C=C[C@@H]1[C@H]1[C@@H]2C=CC12CC2. The Kier molecular flexibility index (Phi) is 1.84. The Bertz CT molecular complexity index is 494. The quantitative estimate of drug-likeness (QED) is 0.675. The topological polar surface area (TPSA) is 17.1 Å². The molecule has 5 atom stereocenters. The van der Waals surface area contributed by atoms with Crippen LogP contribution in [-0.2, 0) is 4.79 Å². The molecule has 18 heavy (non-hydrogen) atoms. The van der Waals surface area contributed by atoms with Crippen LogP contribution in [0.3, 0.4) is 0 Å². The first-order valence-electron chi connectivity index (χ1n) is 7.15. The number of hydrogen-bond acceptors (Lipinski definition) is 1. The molecule has 1 unspecified atom stereocenters. The Hall–Kier alpha value is -1.11. The number of fused-ring (bicyclic) bond motifs is 1. The van der Waals surface area contributed by atoms with E-state index in [1.807, 2.05) is 6.08 Å². The van der Waals surface area contributed by atoms with Crippen molar-refractivity contribution in [2.45, 2.75) is 26.2 Å². The maximum Gasteiger partial charge on any atom is 0.147 e. The maximum atomic E-state index is 12.7. The van der Waals surface area contributed by atoms with E-state index in [1.54, 1.807) is 0 Å². The number of allylic oxidation sites excluding steroid dienone is 5. The van der Waals surface area contributed by atoms with Gasteiger partial charge in [-0.15, -0.1) is 6.58 Å². The molecule has 0 aromatic rings. The third kappa shape index (κ3) is 1.03. The molecule has 0 radical (unpaired) electrons. The van der Waals surface area contributed by atoms with E-state index < -0.39 is 0 Å². The van der Waals surface area contributed by atoms with Gasteiger partial charge in [0.15, 0.2) is 0 Å². The average Bonchev–Trinajstić information content (AvgIpc) is 3.03. The molecule has 5 aliphatic carbocycles. The summed E-state index contributed by atoms with van der Waals surface area (Å²) in [7, 11) is 0. The lowest BCUT2D eigenvalue weighted by Crippen LogP contribution is -2.54. The van der Waals surface area contributed by atoms with Crippen molar-refractivity contribution in [3.8, 4) is 0 Å². The van der Waals surface area contributed by atoms with Gasteiger partial charge in [0.25, 0.3) is 0 Å². The van der Waals surface area contributed by atoms with Crippen molar-refractivity contribution in [1.29, 1.82) is 0 Å². The van der Waals surface area contributed by atoms with E-state index in [-0.39, 0.29) is 11.3 Å². The fraction of sp³-hybridized carbons (Fsp3) is 0.588. The lowest BCUT2D eigenvalue weighted by atomic mass is 9.49. The van der Waals surface area contributed by atoms with Crippen molar-refractivity contribution in [3.63, 3.8) is 0 Å². The predicted octanol–water partition coefficient (Wildman–Crippen LogP) is 3.54. The van der Waals surface area contributed by atoms with Gasteiger partial charge in [0.2, 0.25) is 0 Å². The standard InChI is InChI=1S/C17H20O/c1-3-7-16(2)13-5-4-12(15(16)18)11-6-8-17(9-10-17)14(11)13/h3-6,8,11-14H,1,7,9-10H2,2H3/t11-,12+,13-,14-,16?/m1/s1. The van der Waals surface area contributed by atoms with Crippen molar-refractivity contribution in [1.82, 2.24) is 0 Å². The number of hydrogen-bond donors (Lipinski definition) is 0. The van der Waals surface area contributed by atoms with Gasteiger partial charge in [-0.25, -0.2) is 0 Å². The Balaban J connectivity index is 1.82. The molecule has 2 saturated carbocycles. The van der Waals surface area contributed by atoms with Gasteiger partial charge in [-0.05, 0) is 42.4 Å². The van der Waals surface area contributed by atoms with Crippen LogP contribution in [0.5, 0.6) is 0 Å². The van der Waals surface area contributed by atoms with Crippen molar-refractivity contribution >= 4 is 5.78 Å². The fourth-order valence-electron chi connectivity index (χ4n) is 4.94. The molecule has 0 aromatic heterocycles. The molecule has 5 rings (SSSR count). The highest BCUT2D eigenvalue weighted by Gasteiger charge is 2.65. The van der Waals surface area contributed by atoms with Gasteiger partial charge in [-0.3, -0.25) is 4.79 Å². The fourth-order valence-corrected chi connectivity index (χ4v) is 4.94. The van der Waals surface area contributed by atoms with E-state index in [4.69, 9.17) is 0 Å². The molecule has 1 spiro atoms. The smallest absolute Gasteiger partial charge is 0.147 e. The summed E-state index contributed by atoms with van der Waals surface area (Å²) in [4.78, 5) is 12.7. The molecule has 0 amide bonds. The molecular formula is C17H20O. The average molecular weight is 240 g/mol. The molecule has 2 bridgehead atoms. The minimum atomic E-state index is -0.191. The molecule has 1 nitrogen and oxygen atoms in total. The minimum absolute atomic E-state index is 0.140. The largest absolute Gasteiger partial charge is 0.298 e. The van der Waals surface area contributed by atoms with Crippen LogP contribution in [0.1, 0.15) is 26.2 Å². The van der Waals surface area contributed by atoms with Gasteiger partial charge in [0, 0.05) is 11.3 Å². The lowest BCUT2D eigenvalue weighted by molar-refractivity contribution is -0.143. The number of Topliss-reactive ketones (excluding diaryl/α,β-unsaturated/α-hetero) is 1. The van der Waals surface area contributed by atoms with Gasteiger partial charge in [-0.1, -0.05) is 37.3 Å². The molecule has 94 valence electrons. The van der Waals surface area contributed by atoms with E-state index in [0.29, 0.717) is 29.0 Å². The monoisotopic (exact) mass is 240 g/mol. The van der Waals surface area contributed by atoms with Gasteiger partial charge in [0.1, 0.15) is 5.78 Å². The normalized spacial score (nSPS) is 49.7. The van der Waals surface area contributed by atoms with E-state index >= 15 is 0 Å². The van der Waals surface area contributed by atoms with Crippen molar-refractivity contribution < 1.29 is 4.79 Å². The first-order valence-corrected chi connectivity index (χ1v) is 7.15. The second-order valence-corrected chi connectivity index (χ2v) is 6.91. The summed E-state index contributed by atoms with van der Waals surface area (Å²) in [6.07, 6.45) is 14.8. The van der Waals surface area contributed by atoms with Crippen LogP contribution in [-0.4, -0.2) is 5.78 Å². The highest BCUT2D eigenvalue weighted by molar-refractivity contribution is 5.92. The lowest BCUT2D eigenvalue weighted by Gasteiger charge is -2.53. The van der Waals surface area contributed by atoms with Crippen LogP contribution in [0.2, 0.25) is 0 Å². The van der Waals surface area contributed by atoms with Crippen LogP contribution in [0.25, 0.3) is 0 Å². The maximum absolute atomic E-state index is 12.7. The highest BCUT2D eigenvalue weighted by Crippen LogP contribution is 2.69. The molecule has 0 saturated heterocycles. The van der Waals surface area contributed by atoms with Crippen LogP contribution < -0.4 is 0 Å². The first-order chi connectivity index (χ1) is 8.62. The predicted molar refractivity (Wildman–Crippen MR) is 71.8 cm³/mol. The summed E-state index contributed by atoms with van der Waals surface area (Å²) >= 11 is 0. The Morgan fingerprint density at radius 2 is 2.17 bits per heavy atom. The molecule has 1 heteroatoms. The Labute approximate surface area is 109 Å². The van der Waals surface area contributed by atoms with Gasteiger partial charge < -0.3 is 0 Å².